The third-order valence-corrected chi connectivity index (χ3v) is 14.7. The van der Waals surface area contributed by atoms with Gasteiger partial charge in [-0.25, -0.2) is 0 Å². The molecule has 0 spiro atoms. The number of hydrogen-bond acceptors (Lipinski definition) is 4. The summed E-state index contributed by atoms with van der Waals surface area (Å²) in [5.74, 6) is 0. The van der Waals surface area contributed by atoms with Crippen molar-refractivity contribution < 1.29 is 0 Å². The fourth-order valence-electron chi connectivity index (χ4n) is 9.94. The van der Waals surface area contributed by atoms with E-state index in [-0.39, 0.29) is 6.71 Å². The average molecular weight is 785 g/mol. The number of hydrogen-bond donors (Lipinski definition) is 0. The zero-order chi connectivity index (χ0) is 38.6. The van der Waals surface area contributed by atoms with Crippen LogP contribution in [0.25, 0.3) is 62.6 Å². The predicted molar refractivity (Wildman–Crippen MR) is 257 cm³/mol. The second-order valence-electron chi connectivity index (χ2n) is 15.6. The van der Waals surface area contributed by atoms with Gasteiger partial charge in [0.05, 0.1) is 11.4 Å². The van der Waals surface area contributed by atoms with Gasteiger partial charge in [0.2, 0.25) is 0 Å². The van der Waals surface area contributed by atoms with Crippen molar-refractivity contribution in [1.29, 1.82) is 0 Å². The molecule has 59 heavy (non-hydrogen) atoms. The molecule has 0 atom stereocenters. The van der Waals surface area contributed by atoms with E-state index in [2.05, 4.69) is 210 Å². The molecule has 2 aliphatic rings. The van der Waals surface area contributed by atoms with E-state index in [1.54, 1.807) is 0 Å². The molecular weight excluding hydrogens is 752 g/mol. The van der Waals surface area contributed by atoms with Gasteiger partial charge in [-0.1, -0.05) is 140 Å². The van der Waals surface area contributed by atoms with Crippen molar-refractivity contribution in [3.05, 3.63) is 200 Å². The zero-order valence-electron chi connectivity index (χ0n) is 31.8. The molecule has 11 aromatic rings. The molecule has 2 aromatic heterocycles. The van der Waals surface area contributed by atoms with Gasteiger partial charge in [0.25, 0.3) is 6.71 Å². The van der Waals surface area contributed by atoms with E-state index in [0.29, 0.717) is 0 Å². The molecule has 2 aliphatic heterocycles. The Morgan fingerprint density at radius 3 is 1.20 bits per heavy atom. The SMILES string of the molecule is c1ccc(-c2cc3sc4ccccc4c3cc2N2c3ccccc3B3c4ccccc4N(c4cc5c(cc4-c4ccccc4)sc4ccccc45)c4cccc2c43)cc1. The van der Waals surface area contributed by atoms with Crippen molar-refractivity contribution in [3.63, 3.8) is 0 Å². The van der Waals surface area contributed by atoms with Gasteiger partial charge in [-0.05, 0) is 88.2 Å². The van der Waals surface area contributed by atoms with Gasteiger partial charge in [0, 0.05) is 74.2 Å². The third-order valence-electron chi connectivity index (χ3n) is 12.4. The summed E-state index contributed by atoms with van der Waals surface area (Å²) in [6, 6.07) is 74.6. The molecule has 5 heteroatoms. The molecule has 0 radical (unpaired) electrons. The van der Waals surface area contributed by atoms with Gasteiger partial charge in [-0.2, -0.15) is 0 Å². The monoisotopic (exact) mass is 784 g/mol. The van der Waals surface area contributed by atoms with E-state index in [9.17, 15) is 0 Å². The molecule has 13 rings (SSSR count). The first-order valence-corrected chi connectivity index (χ1v) is 21.8. The minimum Gasteiger partial charge on any atom is -0.311 e. The van der Waals surface area contributed by atoms with Crippen molar-refractivity contribution in [2.45, 2.75) is 0 Å². The van der Waals surface area contributed by atoms with Crippen LogP contribution in [0.3, 0.4) is 0 Å². The Morgan fingerprint density at radius 1 is 0.305 bits per heavy atom. The first kappa shape index (κ1) is 33.1. The number of anilines is 6. The number of rotatable bonds is 4. The summed E-state index contributed by atoms with van der Waals surface area (Å²) in [5.41, 5.74) is 16.1. The Hall–Kier alpha value is -6.92. The van der Waals surface area contributed by atoms with Crippen LogP contribution in [-0.4, -0.2) is 6.71 Å². The summed E-state index contributed by atoms with van der Waals surface area (Å²) in [6.45, 7) is 0.0536. The van der Waals surface area contributed by atoms with Crippen LogP contribution in [0.4, 0.5) is 34.1 Å². The van der Waals surface area contributed by atoms with Gasteiger partial charge in [0.15, 0.2) is 0 Å². The minimum absolute atomic E-state index is 0.0536. The summed E-state index contributed by atoms with van der Waals surface area (Å²) in [4.78, 5) is 5.14. The second-order valence-corrected chi connectivity index (χ2v) is 17.8. The number of thiophene rings is 2. The van der Waals surface area contributed by atoms with E-state index >= 15 is 0 Å². The van der Waals surface area contributed by atoms with Crippen LogP contribution >= 0.6 is 22.7 Å². The van der Waals surface area contributed by atoms with Gasteiger partial charge < -0.3 is 9.80 Å². The first-order valence-electron chi connectivity index (χ1n) is 20.2. The number of fused-ring (bicyclic) bond motifs is 10. The fourth-order valence-corrected chi connectivity index (χ4v) is 12.2. The maximum absolute atomic E-state index is 2.57. The quantitative estimate of drug-likeness (QED) is 0.164. The minimum atomic E-state index is 0.0536. The van der Waals surface area contributed by atoms with Crippen LogP contribution in [0.5, 0.6) is 0 Å². The largest absolute Gasteiger partial charge is 0.311 e. The van der Waals surface area contributed by atoms with E-state index in [4.69, 9.17) is 0 Å². The van der Waals surface area contributed by atoms with Crippen LogP contribution in [0.1, 0.15) is 0 Å². The van der Waals surface area contributed by atoms with E-state index in [0.717, 1.165) is 0 Å². The third kappa shape index (κ3) is 4.86. The van der Waals surface area contributed by atoms with Gasteiger partial charge in [-0.3, -0.25) is 0 Å². The summed E-state index contributed by atoms with van der Waals surface area (Å²) in [5, 5.41) is 5.19. The van der Waals surface area contributed by atoms with E-state index < -0.39 is 0 Å². The molecule has 9 aromatic carbocycles. The van der Waals surface area contributed by atoms with E-state index in [1.807, 2.05) is 22.7 Å². The lowest BCUT2D eigenvalue weighted by Gasteiger charge is -2.44. The van der Waals surface area contributed by atoms with Gasteiger partial charge >= 0.3 is 0 Å². The van der Waals surface area contributed by atoms with Crippen molar-refractivity contribution in [2.75, 3.05) is 9.80 Å². The molecule has 0 saturated carbocycles. The summed E-state index contributed by atoms with van der Waals surface area (Å²) in [6.07, 6.45) is 0. The Labute approximate surface area is 350 Å². The van der Waals surface area contributed by atoms with E-state index in [1.165, 1.54) is 113 Å². The van der Waals surface area contributed by atoms with Crippen molar-refractivity contribution >= 4 is 120 Å². The van der Waals surface area contributed by atoms with Crippen LogP contribution < -0.4 is 26.2 Å². The molecule has 0 unspecified atom stereocenters. The standard InChI is InChI=1S/C54H33BN2S2/c1-3-16-34(17-4-1)38-32-52-40(36-20-7-13-28-50(36)58-52)30-48(38)56-44-24-11-9-22-42(44)55-43-23-10-12-25-45(43)57(47-27-15-26-46(56)54(47)55)49-31-41-37-21-8-14-29-51(37)59-53(41)33-39(49)35-18-5-2-6-19-35/h1-33H. The highest BCUT2D eigenvalue weighted by atomic mass is 32.1. The van der Waals surface area contributed by atoms with Crippen molar-refractivity contribution in [1.82, 2.24) is 0 Å². The maximum Gasteiger partial charge on any atom is 0.252 e. The Bertz CT molecular complexity index is 3250. The van der Waals surface area contributed by atoms with Crippen LogP contribution in [0.15, 0.2) is 200 Å². The number of benzene rings is 9. The molecule has 2 nitrogen and oxygen atoms in total. The lowest BCUT2D eigenvalue weighted by molar-refractivity contribution is 1.26. The van der Waals surface area contributed by atoms with Crippen molar-refractivity contribution in [3.8, 4) is 22.3 Å². The van der Waals surface area contributed by atoms with Crippen molar-refractivity contribution in [2.24, 2.45) is 0 Å². The molecule has 0 fully saturated rings. The smallest absolute Gasteiger partial charge is 0.252 e. The Morgan fingerprint density at radius 2 is 0.712 bits per heavy atom. The highest BCUT2D eigenvalue weighted by Crippen LogP contribution is 2.51. The normalized spacial score (nSPS) is 13.0. The zero-order valence-corrected chi connectivity index (χ0v) is 33.5. The van der Waals surface area contributed by atoms with Crippen LogP contribution in [0, 0.1) is 0 Å². The predicted octanol–water partition coefficient (Wildman–Crippen LogP) is 13.8. The average Bonchev–Trinajstić information content (AvgIpc) is 3.86. The molecule has 0 amide bonds. The van der Waals surface area contributed by atoms with Crippen LogP contribution in [0.2, 0.25) is 0 Å². The topological polar surface area (TPSA) is 6.48 Å². The summed E-state index contributed by atoms with van der Waals surface area (Å²) < 4.78 is 5.23. The number of para-hydroxylation sites is 2. The lowest BCUT2D eigenvalue weighted by atomic mass is 9.33. The molecule has 0 saturated heterocycles. The van der Waals surface area contributed by atoms with Gasteiger partial charge in [-0.15, -0.1) is 22.7 Å². The van der Waals surface area contributed by atoms with Gasteiger partial charge in [0.1, 0.15) is 0 Å². The molecule has 274 valence electrons. The first-order chi connectivity index (χ1) is 29.3. The molecule has 4 heterocycles. The molecule has 0 N–H and O–H groups in total. The van der Waals surface area contributed by atoms with Crippen LogP contribution in [-0.2, 0) is 0 Å². The molecule has 0 bridgehead atoms. The molecule has 0 aliphatic carbocycles. The maximum atomic E-state index is 2.57. The lowest BCUT2D eigenvalue weighted by Crippen LogP contribution is -2.61. The number of nitrogens with zero attached hydrogens (tertiary/aromatic N) is 2. The summed E-state index contributed by atoms with van der Waals surface area (Å²) in [7, 11) is 0. The Balaban J connectivity index is 1.13. The summed E-state index contributed by atoms with van der Waals surface area (Å²) >= 11 is 3.76. The highest BCUT2D eigenvalue weighted by molar-refractivity contribution is 7.26. The molecular formula is C54H33BN2S2. The Kier molecular flexibility index (Phi) is 7.18. The highest BCUT2D eigenvalue weighted by Gasteiger charge is 2.43. The fraction of sp³-hybridized carbons (Fsp3) is 0. The second kappa shape index (κ2) is 12.8.